The summed E-state index contributed by atoms with van der Waals surface area (Å²) >= 11 is 0. The van der Waals surface area contributed by atoms with Gasteiger partial charge in [-0.1, -0.05) is 75.8 Å². The largest absolute Gasteiger partial charge is 0.397 e. The molecule has 0 aliphatic heterocycles. The van der Waals surface area contributed by atoms with E-state index in [2.05, 4.69) is 12.2 Å². The zero-order valence-corrected chi connectivity index (χ0v) is 16.2. The van der Waals surface area contributed by atoms with Gasteiger partial charge in [0.05, 0.1) is 11.4 Å². The van der Waals surface area contributed by atoms with Gasteiger partial charge >= 0.3 is 11.8 Å². The zero-order chi connectivity index (χ0) is 20.1. The van der Waals surface area contributed by atoms with Crippen LogP contribution < -0.4 is 22.5 Å². The number of nitrogen functional groups attached to an aromatic ring is 2. The zero-order valence-electron chi connectivity index (χ0n) is 16.2. The van der Waals surface area contributed by atoms with Crippen LogP contribution in [0.25, 0.3) is 10.8 Å². The number of amides is 2. The second-order valence-electron chi connectivity index (χ2n) is 6.53. The van der Waals surface area contributed by atoms with Gasteiger partial charge in [-0.25, -0.2) is 0 Å². The van der Waals surface area contributed by atoms with Crippen LogP contribution in [0.15, 0.2) is 36.4 Å². The highest BCUT2D eigenvalue weighted by molar-refractivity contribution is 6.34. The van der Waals surface area contributed by atoms with Crippen LogP contribution in [-0.2, 0) is 9.59 Å². The van der Waals surface area contributed by atoms with Gasteiger partial charge in [0.1, 0.15) is 0 Å². The maximum atomic E-state index is 10.7. The first-order chi connectivity index (χ1) is 13.0. The molecule has 148 valence electrons. The lowest BCUT2D eigenvalue weighted by Crippen LogP contribution is -2.36. The van der Waals surface area contributed by atoms with Gasteiger partial charge < -0.3 is 22.5 Å². The molecule has 0 heterocycles. The number of carbonyl (C=O) groups excluding carboxylic acids is 2. The van der Waals surface area contributed by atoms with Crippen LogP contribution in [0.5, 0.6) is 0 Å². The molecule has 0 bridgehead atoms. The van der Waals surface area contributed by atoms with Gasteiger partial charge in [0.15, 0.2) is 0 Å². The summed E-state index contributed by atoms with van der Waals surface area (Å²) in [6, 6.07) is 11.7. The summed E-state index contributed by atoms with van der Waals surface area (Å²) in [6.07, 6.45) is 8.34. The van der Waals surface area contributed by atoms with E-state index in [0.29, 0.717) is 17.9 Å². The normalized spacial score (nSPS) is 10.1. The van der Waals surface area contributed by atoms with Crippen LogP contribution in [0.4, 0.5) is 11.4 Å². The minimum Gasteiger partial charge on any atom is -0.397 e. The number of carbonyl (C=O) groups is 2. The molecule has 0 aliphatic rings. The first-order valence-corrected chi connectivity index (χ1v) is 9.57. The fourth-order valence-electron chi connectivity index (χ4n) is 2.68. The summed E-state index contributed by atoms with van der Waals surface area (Å²) in [5.74, 6) is -1.58. The molecule has 2 rings (SSSR count). The van der Waals surface area contributed by atoms with Crippen molar-refractivity contribution in [1.29, 1.82) is 0 Å². The Morgan fingerprint density at radius 3 is 2.19 bits per heavy atom. The Morgan fingerprint density at radius 1 is 0.889 bits per heavy atom. The van der Waals surface area contributed by atoms with Crippen LogP contribution in [0.3, 0.4) is 0 Å². The molecule has 0 aromatic heterocycles. The van der Waals surface area contributed by atoms with Crippen molar-refractivity contribution >= 4 is 34.0 Å². The highest BCUT2D eigenvalue weighted by Gasteiger charge is 2.05. The van der Waals surface area contributed by atoms with E-state index in [-0.39, 0.29) is 0 Å². The molecule has 2 amide bonds. The average Bonchev–Trinajstić information content (AvgIpc) is 2.67. The van der Waals surface area contributed by atoms with Gasteiger partial charge in [-0.05, 0) is 17.9 Å². The molecular formula is C21H32N4O2. The van der Waals surface area contributed by atoms with E-state index in [0.717, 1.165) is 23.6 Å². The summed E-state index contributed by atoms with van der Waals surface area (Å²) in [5, 5.41) is 4.63. The molecule has 0 fully saturated rings. The lowest BCUT2D eigenvalue weighted by atomic mass is 10.1. The lowest BCUT2D eigenvalue weighted by Gasteiger charge is -2.03. The number of fused-ring (bicyclic) bond motifs is 1. The molecule has 6 nitrogen and oxygen atoms in total. The van der Waals surface area contributed by atoms with Crippen molar-refractivity contribution in [1.82, 2.24) is 5.32 Å². The Balaban J connectivity index is 0.000000274. The van der Waals surface area contributed by atoms with Crippen molar-refractivity contribution in [2.45, 2.75) is 51.9 Å². The molecule has 2 aromatic rings. The number of hydrogen-bond donors (Lipinski definition) is 4. The number of nitrogens with one attached hydrogen (secondary N) is 1. The van der Waals surface area contributed by atoms with Gasteiger partial charge in [0, 0.05) is 11.9 Å². The van der Waals surface area contributed by atoms with E-state index in [4.69, 9.17) is 17.2 Å². The fraction of sp³-hybridized carbons (Fsp3) is 0.429. The molecule has 0 aliphatic carbocycles. The van der Waals surface area contributed by atoms with Crippen molar-refractivity contribution in [3.63, 3.8) is 0 Å². The lowest BCUT2D eigenvalue weighted by molar-refractivity contribution is -0.137. The molecule has 0 atom stereocenters. The van der Waals surface area contributed by atoms with E-state index >= 15 is 0 Å². The van der Waals surface area contributed by atoms with Crippen molar-refractivity contribution in [3.05, 3.63) is 36.4 Å². The SMILES string of the molecule is CCCCCCCCCNC(=O)C(N)=O.Nc1ccc2ccccc2c1N. The Labute approximate surface area is 161 Å². The Morgan fingerprint density at radius 2 is 1.52 bits per heavy atom. The summed E-state index contributed by atoms with van der Waals surface area (Å²) < 4.78 is 0. The van der Waals surface area contributed by atoms with Crippen LogP contribution in [0.2, 0.25) is 0 Å². The van der Waals surface area contributed by atoms with E-state index in [9.17, 15) is 9.59 Å². The van der Waals surface area contributed by atoms with Gasteiger partial charge in [-0.3, -0.25) is 9.59 Å². The van der Waals surface area contributed by atoms with Crippen molar-refractivity contribution in [2.24, 2.45) is 5.73 Å². The molecule has 27 heavy (non-hydrogen) atoms. The number of unbranched alkanes of at least 4 members (excludes halogenated alkanes) is 6. The number of nitrogens with two attached hydrogens (primary N) is 3. The van der Waals surface area contributed by atoms with E-state index in [1.54, 1.807) is 0 Å². The summed E-state index contributed by atoms with van der Waals surface area (Å²) in [5.41, 5.74) is 17.6. The monoisotopic (exact) mass is 372 g/mol. The maximum absolute atomic E-state index is 10.7. The van der Waals surface area contributed by atoms with Gasteiger partial charge in [0.25, 0.3) is 0 Å². The molecule has 0 saturated heterocycles. The predicted octanol–water partition coefficient (Wildman–Crippen LogP) is 3.34. The molecule has 0 saturated carbocycles. The Bertz CT molecular complexity index is 731. The standard InChI is InChI=1S/C11H22N2O2.C10H10N2/c1-2-3-4-5-6-7-8-9-13-11(15)10(12)14;11-9-6-5-7-3-1-2-4-8(7)10(9)12/h2-9H2,1H3,(H2,12,14)(H,13,15);1-6H,11-12H2. The average molecular weight is 373 g/mol. The Hall–Kier alpha value is -2.76. The fourth-order valence-corrected chi connectivity index (χ4v) is 2.68. The van der Waals surface area contributed by atoms with Crippen LogP contribution >= 0.6 is 0 Å². The van der Waals surface area contributed by atoms with Crippen molar-refractivity contribution in [3.8, 4) is 0 Å². The van der Waals surface area contributed by atoms with Crippen molar-refractivity contribution < 1.29 is 9.59 Å². The second kappa shape index (κ2) is 12.6. The third kappa shape index (κ3) is 8.44. The van der Waals surface area contributed by atoms with Gasteiger partial charge in [-0.2, -0.15) is 0 Å². The molecule has 2 aromatic carbocycles. The number of benzene rings is 2. The first kappa shape index (κ1) is 22.3. The topological polar surface area (TPSA) is 124 Å². The number of anilines is 2. The van der Waals surface area contributed by atoms with Crippen LogP contribution in [-0.4, -0.2) is 18.4 Å². The first-order valence-electron chi connectivity index (χ1n) is 9.57. The number of hydrogen-bond acceptors (Lipinski definition) is 4. The quantitative estimate of drug-likeness (QED) is 0.322. The summed E-state index contributed by atoms with van der Waals surface area (Å²) in [7, 11) is 0. The molecule has 0 unspecified atom stereocenters. The minimum absolute atomic E-state index is 0.551. The molecular weight excluding hydrogens is 340 g/mol. The Kier molecular flexibility index (Phi) is 10.4. The summed E-state index contributed by atoms with van der Waals surface area (Å²) in [6.45, 7) is 2.74. The predicted molar refractivity (Wildman–Crippen MR) is 113 cm³/mol. The minimum atomic E-state index is -0.905. The molecule has 0 radical (unpaired) electrons. The van der Waals surface area contributed by atoms with E-state index < -0.39 is 11.8 Å². The number of primary amides is 1. The second-order valence-corrected chi connectivity index (χ2v) is 6.53. The van der Waals surface area contributed by atoms with Crippen LogP contribution in [0.1, 0.15) is 51.9 Å². The van der Waals surface area contributed by atoms with Gasteiger partial charge in [-0.15, -0.1) is 0 Å². The van der Waals surface area contributed by atoms with Gasteiger partial charge in [0.2, 0.25) is 0 Å². The molecule has 7 N–H and O–H groups in total. The maximum Gasteiger partial charge on any atom is 0.309 e. The summed E-state index contributed by atoms with van der Waals surface area (Å²) in [4.78, 5) is 21.1. The van der Waals surface area contributed by atoms with E-state index in [1.807, 2.05) is 36.4 Å². The molecule has 6 heteroatoms. The van der Waals surface area contributed by atoms with Crippen molar-refractivity contribution in [2.75, 3.05) is 18.0 Å². The van der Waals surface area contributed by atoms with E-state index in [1.165, 1.54) is 32.1 Å². The smallest absolute Gasteiger partial charge is 0.309 e. The molecule has 0 spiro atoms. The third-order valence-electron chi connectivity index (χ3n) is 4.29. The van der Waals surface area contributed by atoms with Crippen LogP contribution in [0, 0.1) is 0 Å². The third-order valence-corrected chi connectivity index (χ3v) is 4.29. The highest BCUT2D eigenvalue weighted by Crippen LogP contribution is 2.25. The highest BCUT2D eigenvalue weighted by atomic mass is 16.2. The number of rotatable bonds is 8.